The second-order valence-corrected chi connectivity index (χ2v) is 18.7. The third kappa shape index (κ3) is 4.82. The van der Waals surface area contributed by atoms with E-state index in [9.17, 15) is 0 Å². The second kappa shape index (κ2) is 13.1. The van der Waals surface area contributed by atoms with Crippen LogP contribution in [0.15, 0.2) is 206 Å². The minimum Gasteiger partial charge on any atom is -0.135 e. The summed E-state index contributed by atoms with van der Waals surface area (Å²) in [5, 5.41) is 18.1. The minimum atomic E-state index is 1.25. The molecular weight excluding hydrogens is 785 g/mol. The molecule has 0 bridgehead atoms. The Balaban J connectivity index is 1.19. The average Bonchev–Trinajstić information content (AvgIpc) is 3.92. The molecule has 14 rings (SSSR count). The lowest BCUT2D eigenvalue weighted by atomic mass is 9.81. The summed E-state index contributed by atoms with van der Waals surface area (Å²) in [5.74, 6) is 0. The monoisotopic (exact) mass is 818 g/mol. The topological polar surface area (TPSA) is 0 Å². The van der Waals surface area contributed by atoms with Crippen molar-refractivity contribution in [2.45, 2.75) is 0 Å². The number of hydrogen-bond acceptors (Lipinski definition) is 2. The highest BCUT2D eigenvalue weighted by molar-refractivity contribution is 7.26. The highest BCUT2D eigenvalue weighted by atomic mass is 32.1. The van der Waals surface area contributed by atoms with Crippen LogP contribution in [-0.4, -0.2) is 0 Å². The number of rotatable bonds is 4. The molecule has 0 spiro atoms. The van der Waals surface area contributed by atoms with Crippen molar-refractivity contribution in [3.05, 3.63) is 206 Å². The van der Waals surface area contributed by atoms with Gasteiger partial charge in [0.2, 0.25) is 0 Å². The van der Waals surface area contributed by atoms with Crippen LogP contribution in [0.2, 0.25) is 0 Å². The Morgan fingerprint density at radius 3 is 0.984 bits per heavy atom. The van der Waals surface area contributed by atoms with Crippen molar-refractivity contribution >= 4 is 117 Å². The Bertz CT molecular complexity index is 3880. The van der Waals surface area contributed by atoms with Gasteiger partial charge >= 0.3 is 0 Å². The summed E-state index contributed by atoms with van der Waals surface area (Å²) in [7, 11) is 0. The first-order valence-electron chi connectivity index (χ1n) is 21.3. The summed E-state index contributed by atoms with van der Waals surface area (Å²) in [6.07, 6.45) is 0. The molecule has 0 unspecified atom stereocenters. The fourth-order valence-corrected chi connectivity index (χ4v) is 13.2. The van der Waals surface area contributed by atoms with Crippen LogP contribution in [0.3, 0.4) is 0 Å². The molecule has 12 aromatic carbocycles. The zero-order chi connectivity index (χ0) is 40.5. The van der Waals surface area contributed by atoms with Gasteiger partial charge in [0.15, 0.2) is 0 Å². The molecule has 0 N–H and O–H groups in total. The third-order valence-corrected chi connectivity index (χ3v) is 15.9. The van der Waals surface area contributed by atoms with E-state index in [1.807, 2.05) is 22.7 Å². The van der Waals surface area contributed by atoms with Crippen LogP contribution in [0.4, 0.5) is 0 Å². The molecule has 0 saturated heterocycles. The predicted molar refractivity (Wildman–Crippen MR) is 273 cm³/mol. The normalized spacial score (nSPS) is 12.2. The van der Waals surface area contributed by atoms with Gasteiger partial charge in [-0.2, -0.15) is 0 Å². The SMILES string of the molecule is c1ccc2c(-c3cc(-c4cccc5c4sc4ccccc45)c4ccc5c(-c6cccc7ccccc67)cc(-c6cccc7c6sc6ccccc67)c6ccc3c4c56)cccc2c1. The predicted octanol–water partition coefficient (Wildman–Crippen LogP) is 18.3. The zero-order valence-electron chi connectivity index (χ0n) is 33.4. The summed E-state index contributed by atoms with van der Waals surface area (Å²) in [4.78, 5) is 0. The van der Waals surface area contributed by atoms with E-state index in [-0.39, 0.29) is 0 Å². The van der Waals surface area contributed by atoms with Crippen molar-refractivity contribution in [2.24, 2.45) is 0 Å². The molecule has 286 valence electrons. The molecule has 2 heterocycles. The van der Waals surface area contributed by atoms with Crippen molar-refractivity contribution in [2.75, 3.05) is 0 Å². The van der Waals surface area contributed by atoms with Crippen molar-refractivity contribution in [3.8, 4) is 44.5 Å². The van der Waals surface area contributed by atoms with Crippen LogP contribution < -0.4 is 0 Å². The Morgan fingerprint density at radius 2 is 0.532 bits per heavy atom. The first-order chi connectivity index (χ1) is 30.8. The first-order valence-corrected chi connectivity index (χ1v) is 23.0. The lowest BCUT2D eigenvalue weighted by Gasteiger charge is -2.22. The summed E-state index contributed by atoms with van der Waals surface area (Å²) in [6.45, 7) is 0. The van der Waals surface area contributed by atoms with E-state index in [1.54, 1.807) is 0 Å². The molecule has 0 aliphatic rings. The van der Waals surface area contributed by atoms with Gasteiger partial charge in [0.05, 0.1) is 0 Å². The van der Waals surface area contributed by atoms with E-state index < -0.39 is 0 Å². The average molecular weight is 819 g/mol. The van der Waals surface area contributed by atoms with Gasteiger partial charge in [-0.3, -0.25) is 0 Å². The van der Waals surface area contributed by atoms with E-state index in [0.717, 1.165) is 0 Å². The van der Waals surface area contributed by atoms with Crippen LogP contribution >= 0.6 is 22.7 Å². The van der Waals surface area contributed by atoms with E-state index in [4.69, 9.17) is 0 Å². The largest absolute Gasteiger partial charge is 0.135 e. The smallest absolute Gasteiger partial charge is 0.0434 e. The van der Waals surface area contributed by atoms with E-state index >= 15 is 0 Å². The summed E-state index contributed by atoms with van der Waals surface area (Å²) in [6, 6.07) is 77.6. The Labute approximate surface area is 365 Å². The maximum Gasteiger partial charge on any atom is 0.0434 e. The molecule has 0 radical (unpaired) electrons. The molecule has 2 heteroatoms. The summed E-state index contributed by atoms with van der Waals surface area (Å²) >= 11 is 3.82. The van der Waals surface area contributed by atoms with Crippen molar-refractivity contribution in [1.29, 1.82) is 0 Å². The molecule has 0 atom stereocenters. The van der Waals surface area contributed by atoms with Crippen molar-refractivity contribution < 1.29 is 0 Å². The van der Waals surface area contributed by atoms with Crippen LogP contribution in [0, 0.1) is 0 Å². The molecule has 0 aliphatic carbocycles. The minimum absolute atomic E-state index is 1.25. The quantitative estimate of drug-likeness (QED) is 0.155. The lowest BCUT2D eigenvalue weighted by molar-refractivity contribution is 1.67. The molecular formula is C60H34S2. The van der Waals surface area contributed by atoms with Gasteiger partial charge in [0.25, 0.3) is 0 Å². The fourth-order valence-electron chi connectivity index (χ4n) is 10.7. The Kier molecular flexibility index (Phi) is 7.24. The number of thiophene rings is 2. The second-order valence-electron chi connectivity index (χ2n) is 16.6. The standard InChI is InChI=1S/C60H34S2/c1-3-17-37-35(13-1)15-9-21-39(37)51-33-53(49-25-11-23-47-41-19-5-7-27-55(41)61-59(47)49)45-32-30-44-52(40-22-10-16-36-14-2-4-18-38(36)40)34-54(46-31-29-43(51)57(45)58(44)46)50-26-12-24-48-42-20-6-8-28-56(42)62-60(48)50/h1-34H. The number of fused-ring (bicyclic) bond motifs is 8. The maximum atomic E-state index is 2.51. The number of hydrogen-bond donors (Lipinski definition) is 0. The summed E-state index contributed by atoms with van der Waals surface area (Å²) < 4.78 is 5.31. The van der Waals surface area contributed by atoms with Gasteiger partial charge in [0.1, 0.15) is 0 Å². The zero-order valence-corrected chi connectivity index (χ0v) is 35.1. The maximum absolute atomic E-state index is 2.51. The first kappa shape index (κ1) is 34.4. The molecule has 62 heavy (non-hydrogen) atoms. The van der Waals surface area contributed by atoms with Gasteiger partial charge in [-0.25, -0.2) is 0 Å². The Hall–Kier alpha value is -7.36. The van der Waals surface area contributed by atoms with E-state index in [0.29, 0.717) is 0 Å². The van der Waals surface area contributed by atoms with Gasteiger partial charge in [-0.15, -0.1) is 22.7 Å². The van der Waals surface area contributed by atoms with Crippen LogP contribution in [-0.2, 0) is 0 Å². The van der Waals surface area contributed by atoms with Gasteiger partial charge in [0, 0.05) is 51.5 Å². The lowest BCUT2D eigenvalue weighted by Crippen LogP contribution is -1.95. The highest BCUT2D eigenvalue weighted by Crippen LogP contribution is 2.52. The van der Waals surface area contributed by atoms with Crippen LogP contribution in [0.1, 0.15) is 0 Å². The molecule has 0 aliphatic heterocycles. The van der Waals surface area contributed by atoms with Crippen LogP contribution in [0.5, 0.6) is 0 Å². The van der Waals surface area contributed by atoms with Gasteiger partial charge in [-0.05, 0) is 112 Å². The van der Waals surface area contributed by atoms with E-state index in [1.165, 1.54) is 139 Å². The molecule has 2 aromatic heterocycles. The van der Waals surface area contributed by atoms with Gasteiger partial charge in [-0.1, -0.05) is 182 Å². The molecule has 0 saturated carbocycles. The fraction of sp³-hybridized carbons (Fsp3) is 0. The van der Waals surface area contributed by atoms with Crippen molar-refractivity contribution in [1.82, 2.24) is 0 Å². The number of benzene rings is 12. The van der Waals surface area contributed by atoms with Crippen molar-refractivity contribution in [3.63, 3.8) is 0 Å². The molecule has 0 nitrogen and oxygen atoms in total. The molecule has 14 aromatic rings. The molecule has 0 fully saturated rings. The highest BCUT2D eigenvalue weighted by Gasteiger charge is 2.24. The Morgan fingerprint density at radius 1 is 0.210 bits per heavy atom. The van der Waals surface area contributed by atoms with Crippen LogP contribution in [0.25, 0.3) is 139 Å². The molecule has 0 amide bonds. The third-order valence-electron chi connectivity index (χ3n) is 13.4. The summed E-state index contributed by atoms with van der Waals surface area (Å²) in [5.41, 5.74) is 10.2. The van der Waals surface area contributed by atoms with Gasteiger partial charge < -0.3 is 0 Å². The van der Waals surface area contributed by atoms with E-state index in [2.05, 4.69) is 206 Å².